The van der Waals surface area contributed by atoms with E-state index in [2.05, 4.69) is 15.2 Å². The van der Waals surface area contributed by atoms with Crippen molar-refractivity contribution in [1.82, 2.24) is 29.4 Å². The normalized spacial score (nSPS) is 16.1. The minimum absolute atomic E-state index is 0.113. The van der Waals surface area contributed by atoms with Gasteiger partial charge in [-0.3, -0.25) is 0 Å². The minimum atomic E-state index is -0.687. The van der Waals surface area contributed by atoms with Crippen LogP contribution in [0.2, 0.25) is 0 Å². The van der Waals surface area contributed by atoms with Crippen molar-refractivity contribution < 1.29 is 8.78 Å². The van der Waals surface area contributed by atoms with Crippen LogP contribution in [-0.2, 0) is 0 Å². The van der Waals surface area contributed by atoms with E-state index < -0.39 is 11.8 Å². The Kier molecular flexibility index (Phi) is 4.60. The second-order valence-corrected chi connectivity index (χ2v) is 7.98. The first-order chi connectivity index (χ1) is 16.2. The number of hydrogen-bond acceptors (Lipinski definition) is 5. The summed E-state index contributed by atoms with van der Waals surface area (Å²) in [5.74, 6) is -0.537. The van der Waals surface area contributed by atoms with Crippen LogP contribution in [0, 0.1) is 11.8 Å². The van der Waals surface area contributed by atoms with Crippen LogP contribution in [0.15, 0.2) is 73.3 Å². The maximum Gasteiger partial charge on any atom is 0.213 e. The Labute approximate surface area is 188 Å². The number of aromatic nitrogens is 6. The van der Waals surface area contributed by atoms with E-state index in [1.54, 1.807) is 21.6 Å². The Morgan fingerprint density at radius 2 is 1.76 bits per heavy atom. The quantitative estimate of drug-likeness (QED) is 0.380. The van der Waals surface area contributed by atoms with Gasteiger partial charge in [0, 0.05) is 24.5 Å². The number of halogens is 2. The van der Waals surface area contributed by atoms with Crippen LogP contribution >= 0.6 is 0 Å². The van der Waals surface area contributed by atoms with Gasteiger partial charge in [-0.05, 0) is 36.6 Å². The molecule has 0 radical (unpaired) electrons. The van der Waals surface area contributed by atoms with Crippen LogP contribution in [0.4, 0.5) is 14.6 Å². The lowest BCUT2D eigenvalue weighted by atomic mass is 10.1. The Balaban J connectivity index is 1.38. The van der Waals surface area contributed by atoms with Crippen molar-refractivity contribution in [2.24, 2.45) is 0 Å². The number of benzene rings is 1. The third-order valence-corrected chi connectivity index (χ3v) is 5.97. The van der Waals surface area contributed by atoms with Crippen molar-refractivity contribution in [3.05, 3.63) is 90.8 Å². The Bertz CT molecular complexity index is 1440. The molecule has 1 unspecified atom stereocenters. The summed E-state index contributed by atoms with van der Waals surface area (Å²) in [6.07, 6.45) is 8.77. The molecule has 164 valence electrons. The first-order valence-corrected chi connectivity index (χ1v) is 10.7. The second kappa shape index (κ2) is 7.77. The van der Waals surface area contributed by atoms with Gasteiger partial charge in [0.1, 0.15) is 23.0 Å². The molecule has 1 atom stereocenters. The van der Waals surface area contributed by atoms with Gasteiger partial charge in [-0.2, -0.15) is 14.6 Å². The number of hydrogen-bond donors (Lipinski definition) is 0. The Morgan fingerprint density at radius 1 is 0.879 bits per heavy atom. The minimum Gasteiger partial charge on any atom is -0.348 e. The molecular weight excluding hydrogens is 424 g/mol. The van der Waals surface area contributed by atoms with Crippen molar-refractivity contribution in [3.8, 4) is 16.8 Å². The molecule has 0 N–H and O–H groups in total. The highest BCUT2D eigenvalue weighted by Crippen LogP contribution is 2.36. The van der Waals surface area contributed by atoms with Crippen LogP contribution in [0.25, 0.3) is 22.5 Å². The largest absolute Gasteiger partial charge is 0.348 e. The predicted molar refractivity (Wildman–Crippen MR) is 119 cm³/mol. The maximum atomic E-state index is 14.4. The average molecular weight is 443 g/mol. The van der Waals surface area contributed by atoms with Crippen molar-refractivity contribution in [2.75, 3.05) is 11.4 Å². The van der Waals surface area contributed by atoms with Crippen molar-refractivity contribution in [2.45, 2.75) is 18.9 Å². The molecule has 0 amide bonds. The molecule has 0 saturated carbocycles. The summed E-state index contributed by atoms with van der Waals surface area (Å²) in [5, 5.41) is 8.91. The molecular formula is C24H19F2N7. The fourth-order valence-electron chi connectivity index (χ4n) is 4.40. The van der Waals surface area contributed by atoms with Gasteiger partial charge < -0.3 is 4.90 Å². The number of pyridine rings is 1. The van der Waals surface area contributed by atoms with Crippen LogP contribution in [-0.4, -0.2) is 35.9 Å². The van der Waals surface area contributed by atoms with Gasteiger partial charge in [-0.15, -0.1) is 0 Å². The molecule has 1 aromatic carbocycles. The predicted octanol–water partition coefficient (Wildman–Crippen LogP) is 4.60. The summed E-state index contributed by atoms with van der Waals surface area (Å²) >= 11 is 0. The molecule has 1 saturated heterocycles. The van der Waals surface area contributed by atoms with E-state index in [1.165, 1.54) is 0 Å². The van der Waals surface area contributed by atoms with Crippen LogP contribution in [0.5, 0.6) is 0 Å². The molecule has 1 aliphatic rings. The third kappa shape index (κ3) is 3.42. The molecule has 6 rings (SSSR count). The summed E-state index contributed by atoms with van der Waals surface area (Å²) in [6.45, 7) is 0.675. The van der Waals surface area contributed by atoms with E-state index in [0.29, 0.717) is 24.4 Å². The standard InChI is InChI=1S/C24H19F2N7/c25-18-8-9-21(26)29-23(18)19-7-4-11-31(19)22-10-12-32-24(30-22)20(14-28-32)33-15-17(13-27-33)16-5-2-1-3-6-16/h1-3,5-6,8-10,12-15,19H,4,7,11H2. The van der Waals surface area contributed by atoms with E-state index in [4.69, 9.17) is 4.98 Å². The smallest absolute Gasteiger partial charge is 0.213 e. The number of fused-ring (bicyclic) bond motifs is 1. The summed E-state index contributed by atoms with van der Waals surface area (Å²) in [4.78, 5) is 10.6. The Hall–Kier alpha value is -4.14. The maximum absolute atomic E-state index is 14.4. The van der Waals surface area contributed by atoms with Crippen LogP contribution < -0.4 is 4.90 Å². The molecule has 33 heavy (non-hydrogen) atoms. The highest BCUT2D eigenvalue weighted by Gasteiger charge is 2.31. The first kappa shape index (κ1) is 19.5. The molecule has 0 aliphatic carbocycles. The number of nitrogens with zero attached hydrogens (tertiary/aromatic N) is 7. The molecule has 1 fully saturated rings. The zero-order chi connectivity index (χ0) is 22.4. The molecule has 9 heteroatoms. The van der Waals surface area contributed by atoms with Crippen LogP contribution in [0.1, 0.15) is 24.6 Å². The summed E-state index contributed by atoms with van der Waals surface area (Å²) in [5.41, 5.74) is 3.51. The highest BCUT2D eigenvalue weighted by molar-refractivity contribution is 5.65. The fourth-order valence-corrected chi connectivity index (χ4v) is 4.40. The summed E-state index contributed by atoms with van der Waals surface area (Å²) in [7, 11) is 0. The van der Waals surface area contributed by atoms with E-state index in [1.807, 2.05) is 53.7 Å². The second-order valence-electron chi connectivity index (χ2n) is 7.98. The van der Waals surface area contributed by atoms with E-state index >= 15 is 0 Å². The zero-order valence-electron chi connectivity index (χ0n) is 17.5. The van der Waals surface area contributed by atoms with Gasteiger partial charge in [0.25, 0.3) is 0 Å². The van der Waals surface area contributed by atoms with Gasteiger partial charge >= 0.3 is 0 Å². The molecule has 5 aromatic rings. The number of anilines is 1. The lowest BCUT2D eigenvalue weighted by molar-refractivity contribution is 0.518. The summed E-state index contributed by atoms with van der Waals surface area (Å²) < 4.78 is 31.6. The van der Waals surface area contributed by atoms with Gasteiger partial charge in [0.05, 0.1) is 18.4 Å². The molecule has 0 bridgehead atoms. The van der Waals surface area contributed by atoms with Gasteiger partial charge in [0.15, 0.2) is 5.65 Å². The molecule has 0 spiro atoms. The van der Waals surface area contributed by atoms with Crippen molar-refractivity contribution >= 4 is 11.5 Å². The molecule has 4 aromatic heterocycles. The number of rotatable bonds is 4. The molecule has 1 aliphatic heterocycles. The monoisotopic (exact) mass is 443 g/mol. The SMILES string of the molecule is Fc1ccc(F)c(C2CCCN2c2ccn3ncc(-n4cc(-c5ccccc5)cn4)c3n2)n1. The van der Waals surface area contributed by atoms with E-state index in [0.717, 1.165) is 35.4 Å². The molecule has 5 heterocycles. The molecule has 7 nitrogen and oxygen atoms in total. The Morgan fingerprint density at radius 3 is 2.64 bits per heavy atom. The van der Waals surface area contributed by atoms with E-state index in [-0.39, 0.29) is 11.7 Å². The first-order valence-electron chi connectivity index (χ1n) is 10.7. The average Bonchev–Trinajstić information content (AvgIpc) is 3.60. The van der Waals surface area contributed by atoms with Crippen LogP contribution in [0.3, 0.4) is 0 Å². The van der Waals surface area contributed by atoms with E-state index in [9.17, 15) is 8.78 Å². The lowest BCUT2D eigenvalue weighted by Gasteiger charge is -2.25. The lowest BCUT2D eigenvalue weighted by Crippen LogP contribution is -2.25. The topological polar surface area (TPSA) is 64.1 Å². The highest BCUT2D eigenvalue weighted by atomic mass is 19.1. The summed E-state index contributed by atoms with van der Waals surface area (Å²) in [6, 6.07) is 13.6. The van der Waals surface area contributed by atoms with Crippen molar-refractivity contribution in [1.29, 1.82) is 0 Å². The third-order valence-electron chi connectivity index (χ3n) is 5.97. The van der Waals surface area contributed by atoms with Gasteiger partial charge in [-0.25, -0.2) is 23.6 Å². The van der Waals surface area contributed by atoms with Crippen molar-refractivity contribution in [3.63, 3.8) is 0 Å². The zero-order valence-corrected chi connectivity index (χ0v) is 17.5. The fraction of sp³-hybridized carbons (Fsp3) is 0.167. The van der Waals surface area contributed by atoms with Gasteiger partial charge in [0.2, 0.25) is 5.95 Å². The van der Waals surface area contributed by atoms with Gasteiger partial charge in [-0.1, -0.05) is 30.3 Å².